The molecule has 0 aliphatic carbocycles. The molecule has 2 aromatic rings. The van der Waals surface area contributed by atoms with Crippen molar-refractivity contribution >= 4 is 0 Å². The second-order valence-corrected chi connectivity index (χ2v) is 4.18. The van der Waals surface area contributed by atoms with Gasteiger partial charge in [-0.1, -0.05) is 30.3 Å². The Balaban J connectivity index is 1.64. The molecule has 3 N–H and O–H groups in total. The van der Waals surface area contributed by atoms with Gasteiger partial charge >= 0.3 is 11.2 Å². The number of nitrogens with one attached hydrogen (secondary N) is 3. The number of aromatic amines is 2. The quantitative estimate of drug-likeness (QED) is 0.619. The lowest BCUT2D eigenvalue weighted by Gasteiger charge is -2.05. The summed E-state index contributed by atoms with van der Waals surface area (Å²) in [5, 5.41) is 8.90. The molecule has 7 heteroatoms. The van der Waals surface area contributed by atoms with Gasteiger partial charge in [0, 0.05) is 6.54 Å². The minimum absolute atomic E-state index is 0.118. The van der Waals surface area contributed by atoms with Crippen LogP contribution in [0.4, 0.5) is 0 Å². The molecule has 1 aromatic carbocycles. The van der Waals surface area contributed by atoms with Gasteiger partial charge in [0.05, 0.1) is 6.61 Å². The van der Waals surface area contributed by atoms with Crippen molar-refractivity contribution in [2.45, 2.75) is 13.0 Å². The van der Waals surface area contributed by atoms with Crippen LogP contribution in [0.1, 0.15) is 12.0 Å². The summed E-state index contributed by atoms with van der Waals surface area (Å²) in [6.45, 7) is 1.90. The van der Waals surface area contributed by atoms with Crippen molar-refractivity contribution in [1.82, 2.24) is 20.5 Å². The zero-order chi connectivity index (χ0) is 14.2. The Labute approximate surface area is 115 Å². The van der Waals surface area contributed by atoms with Gasteiger partial charge in [-0.05, 0) is 18.5 Å². The largest absolute Gasteiger partial charge is 0.473 e. The molecule has 0 saturated carbocycles. The molecule has 0 amide bonds. The van der Waals surface area contributed by atoms with Gasteiger partial charge in [-0.2, -0.15) is 0 Å². The fourth-order valence-corrected chi connectivity index (χ4v) is 1.63. The summed E-state index contributed by atoms with van der Waals surface area (Å²) in [6.07, 6.45) is 0.729. The molecule has 0 aliphatic heterocycles. The molecule has 0 unspecified atom stereocenters. The number of ether oxygens (including phenoxy) is 1. The zero-order valence-electron chi connectivity index (χ0n) is 10.9. The average molecular weight is 276 g/mol. The van der Waals surface area contributed by atoms with E-state index < -0.39 is 11.2 Å². The normalized spacial score (nSPS) is 10.4. The lowest BCUT2D eigenvalue weighted by atomic mass is 10.2. The van der Waals surface area contributed by atoms with Crippen molar-refractivity contribution in [2.24, 2.45) is 0 Å². The minimum atomic E-state index is -0.646. The van der Waals surface area contributed by atoms with E-state index in [4.69, 9.17) is 4.74 Å². The number of aromatic nitrogens is 3. The van der Waals surface area contributed by atoms with Crippen molar-refractivity contribution in [3.63, 3.8) is 0 Å². The zero-order valence-corrected chi connectivity index (χ0v) is 10.9. The SMILES string of the molecule is O=c1[nH]nc(OCCCNCc2ccccc2)c(=O)[nH]1. The van der Waals surface area contributed by atoms with E-state index in [-0.39, 0.29) is 5.88 Å². The highest BCUT2D eigenvalue weighted by atomic mass is 16.5. The van der Waals surface area contributed by atoms with Gasteiger partial charge < -0.3 is 10.1 Å². The molecule has 2 rings (SSSR count). The van der Waals surface area contributed by atoms with Crippen LogP contribution in [-0.4, -0.2) is 28.3 Å². The molecule has 0 radical (unpaired) electrons. The molecule has 0 saturated heterocycles. The molecular weight excluding hydrogens is 260 g/mol. The number of nitrogens with zero attached hydrogens (tertiary/aromatic N) is 1. The summed E-state index contributed by atoms with van der Waals surface area (Å²) in [5.41, 5.74) is -0.0509. The van der Waals surface area contributed by atoms with Crippen molar-refractivity contribution in [1.29, 1.82) is 0 Å². The predicted molar refractivity (Wildman–Crippen MR) is 73.7 cm³/mol. The summed E-state index contributed by atoms with van der Waals surface area (Å²) >= 11 is 0. The number of benzene rings is 1. The Morgan fingerprint density at radius 2 is 2.00 bits per heavy atom. The predicted octanol–water partition coefficient (Wildman–Crippen LogP) is 0.0169. The average Bonchev–Trinajstić information content (AvgIpc) is 2.46. The molecule has 1 aromatic heterocycles. The lowest BCUT2D eigenvalue weighted by Crippen LogP contribution is -2.26. The van der Waals surface area contributed by atoms with Crippen LogP contribution in [0, 0.1) is 0 Å². The maximum atomic E-state index is 11.3. The first kappa shape index (κ1) is 14.0. The fraction of sp³-hybridized carbons (Fsp3) is 0.308. The molecule has 0 bridgehead atoms. The van der Waals surface area contributed by atoms with E-state index in [1.165, 1.54) is 5.56 Å². The van der Waals surface area contributed by atoms with Crippen LogP contribution in [0.3, 0.4) is 0 Å². The van der Waals surface area contributed by atoms with Gasteiger partial charge in [-0.15, -0.1) is 5.10 Å². The van der Waals surface area contributed by atoms with Crippen LogP contribution in [-0.2, 0) is 6.54 Å². The number of hydrogen-bond acceptors (Lipinski definition) is 5. The van der Waals surface area contributed by atoms with Gasteiger partial charge in [0.25, 0.3) is 5.88 Å². The molecule has 20 heavy (non-hydrogen) atoms. The van der Waals surface area contributed by atoms with Gasteiger partial charge in [0.2, 0.25) is 0 Å². The molecule has 0 aliphatic rings. The Morgan fingerprint density at radius 3 is 2.75 bits per heavy atom. The standard InChI is InChI=1S/C13H16N4O3/c18-11-12(16-17-13(19)15-11)20-8-4-7-14-9-10-5-2-1-3-6-10/h1-3,5-6,14H,4,7-9H2,(H2,15,17,18,19). The topological polar surface area (TPSA) is 99.9 Å². The van der Waals surface area contributed by atoms with Crippen molar-refractivity contribution in [2.75, 3.05) is 13.2 Å². The van der Waals surface area contributed by atoms with Crippen LogP contribution < -0.4 is 21.3 Å². The third-order valence-electron chi connectivity index (χ3n) is 2.59. The van der Waals surface area contributed by atoms with E-state index in [1.54, 1.807) is 0 Å². The van der Waals surface area contributed by atoms with E-state index in [9.17, 15) is 9.59 Å². The number of rotatable bonds is 7. The second kappa shape index (κ2) is 7.25. The summed E-state index contributed by atoms with van der Waals surface area (Å²) < 4.78 is 5.18. The number of H-pyrrole nitrogens is 2. The van der Waals surface area contributed by atoms with Crippen LogP contribution in [0.15, 0.2) is 39.9 Å². The van der Waals surface area contributed by atoms with Gasteiger partial charge in [0.15, 0.2) is 0 Å². The Bertz CT molecular complexity index is 636. The first-order chi connectivity index (χ1) is 9.75. The summed E-state index contributed by atoms with van der Waals surface area (Å²) in [4.78, 5) is 24.1. The van der Waals surface area contributed by atoms with Crippen molar-refractivity contribution < 1.29 is 4.74 Å². The van der Waals surface area contributed by atoms with Crippen LogP contribution in [0.25, 0.3) is 0 Å². The Hall–Kier alpha value is -2.41. The van der Waals surface area contributed by atoms with Gasteiger partial charge in [-0.3, -0.25) is 9.78 Å². The molecule has 106 valence electrons. The van der Waals surface area contributed by atoms with E-state index >= 15 is 0 Å². The highest BCUT2D eigenvalue weighted by molar-refractivity contribution is 5.14. The highest BCUT2D eigenvalue weighted by Crippen LogP contribution is 1.97. The minimum Gasteiger partial charge on any atom is -0.473 e. The molecule has 1 heterocycles. The van der Waals surface area contributed by atoms with Gasteiger partial charge in [0.1, 0.15) is 0 Å². The third kappa shape index (κ3) is 4.36. The maximum Gasteiger partial charge on any atom is 0.342 e. The Morgan fingerprint density at radius 1 is 1.20 bits per heavy atom. The van der Waals surface area contributed by atoms with E-state index in [1.807, 2.05) is 35.3 Å². The highest BCUT2D eigenvalue weighted by Gasteiger charge is 2.02. The van der Waals surface area contributed by atoms with Crippen LogP contribution in [0.2, 0.25) is 0 Å². The lowest BCUT2D eigenvalue weighted by molar-refractivity contribution is 0.287. The Kier molecular flexibility index (Phi) is 5.08. The molecular formula is C13H16N4O3. The smallest absolute Gasteiger partial charge is 0.342 e. The van der Waals surface area contributed by atoms with E-state index in [2.05, 4.69) is 15.5 Å². The fourth-order valence-electron chi connectivity index (χ4n) is 1.63. The summed E-state index contributed by atoms with van der Waals surface area (Å²) in [6, 6.07) is 10.1. The molecule has 0 atom stereocenters. The first-order valence-corrected chi connectivity index (χ1v) is 6.32. The monoisotopic (exact) mass is 276 g/mol. The molecule has 7 nitrogen and oxygen atoms in total. The van der Waals surface area contributed by atoms with Crippen LogP contribution >= 0.6 is 0 Å². The molecule has 0 fully saturated rings. The van der Waals surface area contributed by atoms with Crippen molar-refractivity contribution in [3.05, 3.63) is 56.7 Å². The maximum absolute atomic E-state index is 11.3. The van der Waals surface area contributed by atoms with Crippen LogP contribution in [0.5, 0.6) is 5.88 Å². The second-order valence-electron chi connectivity index (χ2n) is 4.18. The third-order valence-corrected chi connectivity index (χ3v) is 2.59. The van der Waals surface area contributed by atoms with Gasteiger partial charge in [-0.25, -0.2) is 9.89 Å². The molecule has 0 spiro atoms. The summed E-state index contributed by atoms with van der Waals surface area (Å²) in [5.74, 6) is -0.118. The van der Waals surface area contributed by atoms with E-state index in [0.717, 1.165) is 19.5 Å². The van der Waals surface area contributed by atoms with Crippen molar-refractivity contribution in [3.8, 4) is 5.88 Å². The number of hydrogen-bond donors (Lipinski definition) is 3. The van der Waals surface area contributed by atoms with E-state index in [0.29, 0.717) is 6.61 Å². The summed E-state index contributed by atoms with van der Waals surface area (Å²) in [7, 11) is 0. The first-order valence-electron chi connectivity index (χ1n) is 6.32.